The fraction of sp³-hybridized carbons (Fsp3) is 0.667. The highest BCUT2D eigenvalue weighted by Gasteiger charge is 2.07. The number of methoxy groups -OCH3 is 1. The van der Waals surface area contributed by atoms with Crippen molar-refractivity contribution < 1.29 is 23.9 Å². The van der Waals surface area contributed by atoms with Gasteiger partial charge >= 0.3 is 0 Å². The number of hydrogen-bond donors (Lipinski definition) is 1. The number of aliphatic carboxylic acids is 1. The van der Waals surface area contributed by atoms with Crippen molar-refractivity contribution in [1.29, 1.82) is 0 Å². The smallest absolute Gasteiger partial charge is 0.256 e. The first kappa shape index (κ1) is 16.6. The Morgan fingerprint density at radius 1 is 1.44 bits per heavy atom. The van der Waals surface area contributed by atoms with Gasteiger partial charge in [-0.15, -0.1) is 0 Å². The number of H-pyrrole nitrogens is 1. The molecule has 0 bridgehead atoms. The van der Waals surface area contributed by atoms with Gasteiger partial charge in [-0.05, 0) is 13.8 Å². The zero-order valence-electron chi connectivity index (χ0n) is 11.3. The molecular weight excluding hydrogens is 236 g/mol. The average molecular weight is 258 g/mol. The highest BCUT2D eigenvalue weighted by molar-refractivity contribution is 5.60. The summed E-state index contributed by atoms with van der Waals surface area (Å²) in [6, 6.07) is 0. The van der Waals surface area contributed by atoms with Crippen LogP contribution < -0.4 is 9.67 Å². The van der Waals surface area contributed by atoms with E-state index in [-0.39, 0.29) is 0 Å². The SMILES string of the molecule is CC(=O)[O-].CC[n+]1cc[nH]c1CCOCCOC. The average Bonchev–Trinajstić information content (AvgIpc) is 2.75. The first-order valence-electron chi connectivity index (χ1n) is 5.91. The van der Waals surface area contributed by atoms with Gasteiger partial charge in [0.1, 0.15) is 12.4 Å². The maximum absolute atomic E-state index is 8.89. The number of nitrogens with one attached hydrogen (secondary N) is 1. The number of aromatic nitrogens is 2. The molecule has 1 N–H and O–H groups in total. The Labute approximate surface area is 108 Å². The van der Waals surface area contributed by atoms with Crippen LogP contribution in [0.4, 0.5) is 0 Å². The standard InChI is InChI=1S/C10H18N2O2.C2H4O2/c1-3-12-6-5-11-10(12)4-7-14-9-8-13-2;1-2(3)4/h5-6H,3-4,7-9H2,1-2H3;1H3,(H,3,4). The molecule has 6 nitrogen and oxygen atoms in total. The summed E-state index contributed by atoms with van der Waals surface area (Å²) in [5.41, 5.74) is 0. The third-order valence-electron chi connectivity index (χ3n) is 2.11. The van der Waals surface area contributed by atoms with Crippen LogP contribution in [0.1, 0.15) is 19.7 Å². The van der Waals surface area contributed by atoms with Crippen molar-refractivity contribution >= 4 is 5.97 Å². The lowest BCUT2D eigenvalue weighted by Gasteiger charge is -2.01. The summed E-state index contributed by atoms with van der Waals surface area (Å²) >= 11 is 0. The van der Waals surface area contributed by atoms with Gasteiger partial charge in [0.15, 0.2) is 0 Å². The monoisotopic (exact) mass is 258 g/mol. The van der Waals surface area contributed by atoms with Crippen LogP contribution in [-0.2, 0) is 27.2 Å². The third-order valence-corrected chi connectivity index (χ3v) is 2.11. The second-order valence-corrected chi connectivity index (χ2v) is 3.54. The van der Waals surface area contributed by atoms with Gasteiger partial charge in [0.05, 0.1) is 32.8 Å². The maximum Gasteiger partial charge on any atom is 0.256 e. The second-order valence-electron chi connectivity index (χ2n) is 3.54. The number of hydrogen-bond acceptors (Lipinski definition) is 4. The maximum atomic E-state index is 8.89. The van der Waals surface area contributed by atoms with Crippen molar-refractivity contribution in [3.63, 3.8) is 0 Å². The summed E-state index contributed by atoms with van der Waals surface area (Å²) < 4.78 is 12.5. The first-order chi connectivity index (χ1) is 8.61. The summed E-state index contributed by atoms with van der Waals surface area (Å²) in [7, 11) is 1.68. The number of aryl methyl sites for hydroxylation is 1. The highest BCUT2D eigenvalue weighted by Crippen LogP contribution is 1.89. The van der Waals surface area contributed by atoms with Gasteiger partial charge in [0, 0.05) is 13.1 Å². The Morgan fingerprint density at radius 2 is 2.11 bits per heavy atom. The minimum Gasteiger partial charge on any atom is -0.550 e. The van der Waals surface area contributed by atoms with Crippen LogP contribution in [0.15, 0.2) is 12.4 Å². The van der Waals surface area contributed by atoms with Crippen molar-refractivity contribution in [2.24, 2.45) is 0 Å². The van der Waals surface area contributed by atoms with Gasteiger partial charge in [-0.3, -0.25) is 0 Å². The molecule has 1 heterocycles. The van der Waals surface area contributed by atoms with Gasteiger partial charge < -0.3 is 19.4 Å². The van der Waals surface area contributed by atoms with Gasteiger partial charge in [0.2, 0.25) is 0 Å². The molecule has 0 saturated heterocycles. The quantitative estimate of drug-likeness (QED) is 0.517. The van der Waals surface area contributed by atoms with Crippen molar-refractivity contribution in [2.45, 2.75) is 26.8 Å². The largest absolute Gasteiger partial charge is 0.550 e. The molecule has 0 saturated carbocycles. The molecule has 1 aromatic heterocycles. The molecule has 0 aliphatic heterocycles. The van der Waals surface area contributed by atoms with E-state index in [1.807, 2.05) is 12.4 Å². The number of carboxylic acids is 1. The van der Waals surface area contributed by atoms with Crippen molar-refractivity contribution in [2.75, 3.05) is 26.9 Å². The van der Waals surface area contributed by atoms with E-state index < -0.39 is 5.97 Å². The molecule has 0 radical (unpaired) electrons. The Balaban J connectivity index is 0.000000631. The van der Waals surface area contributed by atoms with Crippen molar-refractivity contribution in [1.82, 2.24) is 4.98 Å². The van der Waals surface area contributed by atoms with Crippen LogP contribution in [0.5, 0.6) is 0 Å². The van der Waals surface area contributed by atoms with E-state index in [1.165, 1.54) is 5.82 Å². The number of imidazole rings is 1. The third kappa shape index (κ3) is 8.72. The minimum atomic E-state index is -1.08. The molecule has 104 valence electrons. The molecule has 0 fully saturated rings. The van der Waals surface area contributed by atoms with Gasteiger partial charge in [-0.2, -0.15) is 0 Å². The van der Waals surface area contributed by atoms with E-state index in [4.69, 9.17) is 19.4 Å². The summed E-state index contributed by atoms with van der Waals surface area (Å²) in [6.07, 6.45) is 4.92. The van der Waals surface area contributed by atoms with Gasteiger partial charge in [-0.1, -0.05) is 0 Å². The predicted molar refractivity (Wildman–Crippen MR) is 63.7 cm³/mol. The van der Waals surface area contributed by atoms with Crippen LogP contribution >= 0.6 is 0 Å². The number of aromatic amines is 1. The number of carbonyl (C=O) groups excluding carboxylic acids is 1. The molecule has 1 aromatic rings. The van der Waals surface area contributed by atoms with Gasteiger partial charge in [-0.25, -0.2) is 9.55 Å². The fourth-order valence-corrected chi connectivity index (χ4v) is 1.32. The van der Waals surface area contributed by atoms with Crippen LogP contribution in [-0.4, -0.2) is 37.9 Å². The molecule has 0 unspecified atom stereocenters. The number of nitrogens with zero attached hydrogens (tertiary/aromatic N) is 1. The van der Waals surface area contributed by atoms with Crippen molar-refractivity contribution in [3.05, 3.63) is 18.2 Å². The number of ether oxygens (including phenoxy) is 2. The Morgan fingerprint density at radius 3 is 2.67 bits per heavy atom. The van der Waals surface area contributed by atoms with Crippen molar-refractivity contribution in [3.8, 4) is 0 Å². The number of rotatable bonds is 7. The Bertz CT molecular complexity index is 322. The molecule has 1 rings (SSSR count). The summed E-state index contributed by atoms with van der Waals surface area (Å²) in [5, 5.41) is 8.89. The van der Waals surface area contributed by atoms with E-state index in [1.54, 1.807) is 7.11 Å². The topological polar surface area (TPSA) is 78.3 Å². The molecule has 0 aromatic carbocycles. The molecule has 0 spiro atoms. The van der Waals surface area contributed by atoms with Crippen LogP contribution in [0.3, 0.4) is 0 Å². The zero-order chi connectivity index (χ0) is 13.8. The first-order valence-corrected chi connectivity index (χ1v) is 5.91. The highest BCUT2D eigenvalue weighted by atomic mass is 16.5. The Hall–Kier alpha value is -1.40. The second kappa shape index (κ2) is 10.7. The van der Waals surface area contributed by atoms with Crippen LogP contribution in [0.2, 0.25) is 0 Å². The fourth-order valence-electron chi connectivity index (χ4n) is 1.32. The molecule has 18 heavy (non-hydrogen) atoms. The molecule has 0 atom stereocenters. The lowest BCUT2D eigenvalue weighted by Crippen LogP contribution is -2.35. The lowest BCUT2D eigenvalue weighted by molar-refractivity contribution is -0.699. The molecule has 0 aliphatic carbocycles. The van der Waals surface area contributed by atoms with E-state index in [9.17, 15) is 0 Å². The Kier molecular flexibility index (Phi) is 9.90. The van der Waals surface area contributed by atoms with E-state index in [2.05, 4.69) is 16.5 Å². The molecular formula is C12H22N2O4. The van der Waals surface area contributed by atoms with E-state index in [0.717, 1.165) is 26.5 Å². The summed E-state index contributed by atoms with van der Waals surface area (Å²) in [4.78, 5) is 12.1. The lowest BCUT2D eigenvalue weighted by atomic mass is 10.4. The number of carbonyl (C=O) groups is 1. The summed E-state index contributed by atoms with van der Waals surface area (Å²) in [6.45, 7) is 6.17. The normalized spacial score (nSPS) is 9.72. The van der Waals surface area contributed by atoms with E-state index in [0.29, 0.717) is 13.2 Å². The van der Waals surface area contributed by atoms with Gasteiger partial charge in [0.25, 0.3) is 5.82 Å². The van der Waals surface area contributed by atoms with Crippen LogP contribution in [0.25, 0.3) is 0 Å². The van der Waals surface area contributed by atoms with Crippen LogP contribution in [0, 0.1) is 0 Å². The zero-order valence-corrected chi connectivity index (χ0v) is 11.3. The number of carboxylic acid groups (broad SMARTS) is 1. The molecule has 0 amide bonds. The predicted octanol–water partition coefficient (Wildman–Crippen LogP) is -0.716. The van der Waals surface area contributed by atoms with E-state index >= 15 is 0 Å². The molecule has 0 aliphatic rings. The summed E-state index contributed by atoms with van der Waals surface area (Å²) in [5.74, 6) is 0.130. The minimum absolute atomic E-state index is 0.665. The molecule has 6 heteroatoms.